The number of aromatic nitrogens is 3. The standard InChI is InChI=1S/C22H28F3N7O2/c1-22(25)2-3-31(13-22)21-28-16(14-8-17(34-20(23)24)19(26)27-10-14)9-18(29-21)32-11-15(12-32)30-4-6-33-7-5-30/h8-10,15,20H,2-7,11-13H2,1H3,(H2,26,27). The highest BCUT2D eigenvalue weighted by Crippen LogP contribution is 2.34. The van der Waals surface area contributed by atoms with E-state index < -0.39 is 12.3 Å². The van der Waals surface area contributed by atoms with Crippen molar-refractivity contribution >= 4 is 17.6 Å². The molecule has 3 aliphatic rings. The summed E-state index contributed by atoms with van der Waals surface area (Å²) < 4.78 is 50.1. The predicted octanol–water partition coefficient (Wildman–Crippen LogP) is 2.18. The normalized spacial score (nSPS) is 24.0. The Morgan fingerprint density at radius 2 is 1.91 bits per heavy atom. The van der Waals surface area contributed by atoms with Crippen LogP contribution < -0.4 is 20.3 Å². The van der Waals surface area contributed by atoms with Gasteiger partial charge < -0.3 is 25.0 Å². The van der Waals surface area contributed by atoms with Gasteiger partial charge in [0.25, 0.3) is 0 Å². The molecular formula is C22H28F3N7O2. The van der Waals surface area contributed by atoms with Gasteiger partial charge in [-0.25, -0.2) is 14.4 Å². The highest BCUT2D eigenvalue weighted by atomic mass is 19.3. The Morgan fingerprint density at radius 3 is 2.59 bits per heavy atom. The molecule has 5 heterocycles. The van der Waals surface area contributed by atoms with Crippen LogP contribution >= 0.6 is 0 Å². The maximum absolute atomic E-state index is 14.5. The van der Waals surface area contributed by atoms with Gasteiger partial charge in [0.05, 0.1) is 25.5 Å². The smallest absolute Gasteiger partial charge is 0.387 e. The average Bonchev–Trinajstić information content (AvgIpc) is 3.14. The lowest BCUT2D eigenvalue weighted by Gasteiger charge is -2.47. The van der Waals surface area contributed by atoms with E-state index in [9.17, 15) is 13.2 Å². The zero-order valence-corrected chi connectivity index (χ0v) is 19.0. The van der Waals surface area contributed by atoms with Gasteiger partial charge in [-0.15, -0.1) is 0 Å². The molecule has 2 aromatic heterocycles. The van der Waals surface area contributed by atoms with E-state index in [-0.39, 0.29) is 18.1 Å². The number of nitrogens with zero attached hydrogens (tertiary/aromatic N) is 6. The fourth-order valence-corrected chi connectivity index (χ4v) is 4.57. The third kappa shape index (κ3) is 4.83. The Morgan fingerprint density at radius 1 is 1.15 bits per heavy atom. The van der Waals surface area contributed by atoms with Gasteiger partial charge in [0.1, 0.15) is 11.5 Å². The van der Waals surface area contributed by atoms with Gasteiger partial charge in [-0.1, -0.05) is 0 Å². The van der Waals surface area contributed by atoms with E-state index in [0.29, 0.717) is 42.0 Å². The van der Waals surface area contributed by atoms with Crippen molar-refractivity contribution in [2.45, 2.75) is 31.7 Å². The Hall–Kier alpha value is -2.86. The number of alkyl halides is 3. The first-order chi connectivity index (χ1) is 16.3. The van der Waals surface area contributed by atoms with Gasteiger partial charge in [-0.05, 0) is 13.0 Å². The van der Waals surface area contributed by atoms with Crippen molar-refractivity contribution in [3.63, 3.8) is 0 Å². The van der Waals surface area contributed by atoms with Crippen molar-refractivity contribution in [2.75, 3.05) is 68.0 Å². The number of rotatable bonds is 6. The minimum absolute atomic E-state index is 0.137. The molecule has 34 heavy (non-hydrogen) atoms. The van der Waals surface area contributed by atoms with Crippen molar-refractivity contribution in [3.8, 4) is 17.0 Å². The Labute approximate surface area is 195 Å². The van der Waals surface area contributed by atoms with Crippen LogP contribution in [0.25, 0.3) is 11.3 Å². The van der Waals surface area contributed by atoms with Crippen LogP contribution in [0.2, 0.25) is 0 Å². The van der Waals surface area contributed by atoms with Crippen molar-refractivity contribution in [2.24, 2.45) is 0 Å². The van der Waals surface area contributed by atoms with Gasteiger partial charge in [0, 0.05) is 63.0 Å². The molecule has 3 fully saturated rings. The number of hydrogen-bond donors (Lipinski definition) is 1. The molecule has 3 aliphatic heterocycles. The lowest BCUT2D eigenvalue weighted by molar-refractivity contribution is -0.0494. The Balaban J connectivity index is 1.44. The number of nitrogen functional groups attached to an aromatic ring is 1. The van der Waals surface area contributed by atoms with Gasteiger partial charge in [0.15, 0.2) is 11.6 Å². The second-order valence-electron chi connectivity index (χ2n) is 9.19. The van der Waals surface area contributed by atoms with Crippen molar-refractivity contribution in [1.29, 1.82) is 0 Å². The van der Waals surface area contributed by atoms with Crippen LogP contribution in [0.3, 0.4) is 0 Å². The first-order valence-corrected chi connectivity index (χ1v) is 11.4. The molecular weight excluding hydrogens is 451 g/mol. The molecule has 2 aromatic rings. The molecule has 12 heteroatoms. The number of morpholine rings is 1. The Bertz CT molecular complexity index is 1030. The number of anilines is 3. The second-order valence-corrected chi connectivity index (χ2v) is 9.19. The minimum atomic E-state index is -3.03. The van der Waals surface area contributed by atoms with Crippen molar-refractivity contribution in [1.82, 2.24) is 19.9 Å². The van der Waals surface area contributed by atoms with E-state index in [1.54, 1.807) is 13.0 Å². The summed E-state index contributed by atoms with van der Waals surface area (Å²) in [6.07, 6.45) is 1.84. The first kappa shape index (κ1) is 22.9. The summed E-state index contributed by atoms with van der Waals surface area (Å²) in [5, 5.41) is 0. The largest absolute Gasteiger partial charge is 0.431 e. The van der Waals surface area contributed by atoms with Crippen LogP contribution in [0.15, 0.2) is 18.3 Å². The summed E-state index contributed by atoms with van der Waals surface area (Å²) in [4.78, 5) is 19.7. The molecule has 0 amide bonds. The molecule has 0 aliphatic carbocycles. The fraction of sp³-hybridized carbons (Fsp3) is 0.591. The van der Waals surface area contributed by atoms with Gasteiger partial charge in [-0.3, -0.25) is 4.90 Å². The number of pyridine rings is 1. The lowest BCUT2D eigenvalue weighted by atomic mass is 10.1. The van der Waals surface area contributed by atoms with Crippen LogP contribution in [0.1, 0.15) is 13.3 Å². The molecule has 184 valence electrons. The van der Waals surface area contributed by atoms with Gasteiger partial charge in [0.2, 0.25) is 5.95 Å². The third-order valence-corrected chi connectivity index (χ3v) is 6.55. The second kappa shape index (κ2) is 9.06. The molecule has 0 aromatic carbocycles. The zero-order valence-electron chi connectivity index (χ0n) is 19.0. The monoisotopic (exact) mass is 479 g/mol. The average molecular weight is 480 g/mol. The van der Waals surface area contributed by atoms with Crippen molar-refractivity contribution in [3.05, 3.63) is 18.3 Å². The zero-order chi connectivity index (χ0) is 23.9. The SMILES string of the molecule is CC1(F)CCN(c2nc(-c3cnc(N)c(OC(F)F)c3)cc(N3CC(N4CCOCC4)C3)n2)C1. The molecule has 0 spiro atoms. The summed E-state index contributed by atoms with van der Waals surface area (Å²) >= 11 is 0. The number of hydrogen-bond acceptors (Lipinski definition) is 9. The van der Waals surface area contributed by atoms with Crippen molar-refractivity contribution < 1.29 is 22.6 Å². The predicted molar refractivity (Wildman–Crippen MR) is 121 cm³/mol. The third-order valence-electron chi connectivity index (χ3n) is 6.55. The van der Waals surface area contributed by atoms with Crippen LogP contribution in [-0.4, -0.2) is 90.7 Å². The Kier molecular flexibility index (Phi) is 6.11. The topological polar surface area (TPSA) is 92.9 Å². The van der Waals surface area contributed by atoms with E-state index in [1.807, 2.05) is 4.90 Å². The quantitative estimate of drug-likeness (QED) is 0.669. The molecule has 0 radical (unpaired) electrons. The van der Waals surface area contributed by atoms with Crippen LogP contribution in [0, 0.1) is 0 Å². The maximum Gasteiger partial charge on any atom is 0.387 e. The van der Waals surface area contributed by atoms with E-state index in [2.05, 4.69) is 24.5 Å². The highest BCUT2D eigenvalue weighted by Gasteiger charge is 2.37. The number of halogens is 3. The molecule has 1 atom stereocenters. The summed E-state index contributed by atoms with van der Waals surface area (Å²) in [5.41, 5.74) is 5.32. The minimum Gasteiger partial charge on any atom is -0.431 e. The van der Waals surface area contributed by atoms with Crippen LogP contribution in [0.4, 0.5) is 30.8 Å². The van der Waals surface area contributed by atoms with E-state index >= 15 is 0 Å². The van der Waals surface area contributed by atoms with Crippen LogP contribution in [-0.2, 0) is 4.74 Å². The summed E-state index contributed by atoms with van der Waals surface area (Å²) in [6, 6.07) is 3.60. The van der Waals surface area contributed by atoms with Crippen LogP contribution in [0.5, 0.6) is 5.75 Å². The van der Waals surface area contributed by atoms with E-state index in [0.717, 1.165) is 39.4 Å². The van der Waals surface area contributed by atoms with Gasteiger partial charge in [-0.2, -0.15) is 13.8 Å². The number of ether oxygens (including phenoxy) is 2. The molecule has 0 saturated carbocycles. The molecule has 0 bridgehead atoms. The molecule has 9 nitrogen and oxygen atoms in total. The maximum atomic E-state index is 14.5. The summed E-state index contributed by atoms with van der Waals surface area (Å²) in [5.74, 6) is 0.743. The fourth-order valence-electron chi connectivity index (χ4n) is 4.57. The molecule has 3 saturated heterocycles. The molecule has 2 N–H and O–H groups in total. The number of nitrogens with two attached hydrogens (primary N) is 1. The van der Waals surface area contributed by atoms with E-state index in [4.69, 9.17) is 15.5 Å². The first-order valence-electron chi connectivity index (χ1n) is 11.4. The molecule has 5 rings (SSSR count). The summed E-state index contributed by atoms with van der Waals surface area (Å²) in [6.45, 7) is 4.12. The molecule has 1 unspecified atom stereocenters. The van der Waals surface area contributed by atoms with E-state index in [1.165, 1.54) is 12.3 Å². The highest BCUT2D eigenvalue weighted by molar-refractivity contribution is 5.68. The van der Waals surface area contributed by atoms with Gasteiger partial charge >= 0.3 is 6.61 Å². The lowest BCUT2D eigenvalue weighted by Crippen LogP contribution is -2.61. The summed E-state index contributed by atoms with van der Waals surface area (Å²) in [7, 11) is 0.